The molecule has 0 bridgehead atoms. The van der Waals surface area contributed by atoms with Crippen LogP contribution in [0.1, 0.15) is 52.4 Å². The molecule has 136 valence electrons. The molecule has 2 amide bonds. The summed E-state index contributed by atoms with van der Waals surface area (Å²) in [5, 5.41) is 0. The largest absolute Gasteiger partial charge is 0.441 e. The third-order valence-corrected chi connectivity index (χ3v) is 5.87. The molecule has 3 aliphatic rings. The molecule has 3 fully saturated rings. The molecule has 6 nitrogen and oxygen atoms in total. The van der Waals surface area contributed by atoms with Gasteiger partial charge in [-0.25, -0.2) is 4.79 Å². The number of carbonyl (C=O) groups excluding carboxylic acids is 2. The molecular weight excluding hydrogens is 308 g/mol. The Balaban J connectivity index is 1.53. The highest BCUT2D eigenvalue weighted by molar-refractivity contribution is 5.81. The first kappa shape index (κ1) is 17.5. The molecule has 0 aromatic heterocycles. The third-order valence-electron chi connectivity index (χ3n) is 5.87. The predicted octanol–water partition coefficient (Wildman–Crippen LogP) is 2.42. The van der Waals surface area contributed by atoms with Crippen molar-refractivity contribution >= 4 is 12.0 Å². The number of hydrogen-bond donors (Lipinski definition) is 0. The molecule has 1 spiro atoms. The van der Waals surface area contributed by atoms with Crippen molar-refractivity contribution in [2.24, 2.45) is 5.92 Å². The maximum absolute atomic E-state index is 12.4. The Hall–Kier alpha value is -1.30. The van der Waals surface area contributed by atoms with Crippen molar-refractivity contribution in [3.63, 3.8) is 0 Å². The zero-order valence-corrected chi connectivity index (χ0v) is 15.0. The maximum Gasteiger partial charge on any atom is 0.410 e. The van der Waals surface area contributed by atoms with E-state index in [1.54, 1.807) is 0 Å². The predicted molar refractivity (Wildman–Crippen MR) is 89.6 cm³/mol. The number of hydrogen-bond acceptors (Lipinski definition) is 4. The van der Waals surface area contributed by atoms with Crippen LogP contribution in [0.25, 0.3) is 0 Å². The molecule has 0 N–H and O–H groups in total. The van der Waals surface area contributed by atoms with E-state index < -0.39 is 5.60 Å². The fourth-order valence-electron chi connectivity index (χ4n) is 4.06. The van der Waals surface area contributed by atoms with Gasteiger partial charge in [0, 0.05) is 39.1 Å². The third kappa shape index (κ3) is 3.53. The van der Waals surface area contributed by atoms with Crippen LogP contribution >= 0.6 is 0 Å². The first-order chi connectivity index (χ1) is 11.6. The molecule has 0 aliphatic carbocycles. The van der Waals surface area contributed by atoms with Crippen molar-refractivity contribution in [1.29, 1.82) is 0 Å². The number of piperidine rings is 1. The van der Waals surface area contributed by atoms with E-state index in [1.807, 2.05) is 9.80 Å². The number of ether oxygens (including phenoxy) is 2. The zero-order chi connectivity index (χ0) is 17.2. The quantitative estimate of drug-likeness (QED) is 0.772. The minimum atomic E-state index is -0.392. The molecule has 0 unspecified atom stereocenters. The Kier molecular flexibility index (Phi) is 5.33. The average Bonchev–Trinajstić information content (AvgIpc) is 3.22. The number of nitrogens with zero attached hydrogens (tertiary/aromatic N) is 2. The lowest BCUT2D eigenvalue weighted by molar-refractivity contribution is -0.144. The van der Waals surface area contributed by atoms with Gasteiger partial charge in [0.2, 0.25) is 0 Å². The van der Waals surface area contributed by atoms with E-state index in [9.17, 15) is 9.59 Å². The fraction of sp³-hybridized carbons (Fsp3) is 0.889. The summed E-state index contributed by atoms with van der Waals surface area (Å²) in [6.45, 7) is 7.80. The number of rotatable bonds is 5. The molecule has 0 radical (unpaired) electrons. The lowest BCUT2D eigenvalue weighted by Gasteiger charge is -2.38. The van der Waals surface area contributed by atoms with E-state index in [2.05, 4.69) is 13.8 Å². The summed E-state index contributed by atoms with van der Waals surface area (Å²) >= 11 is 0. The SMILES string of the molecule is CCC(CC)CN1CC2(CCN(C(=O)[C@@H]3CCCO3)CC2)OC1=O. The van der Waals surface area contributed by atoms with Crippen LogP contribution in [-0.4, -0.2) is 66.3 Å². The van der Waals surface area contributed by atoms with Crippen molar-refractivity contribution in [2.45, 2.75) is 64.1 Å². The molecule has 3 aliphatic heterocycles. The van der Waals surface area contributed by atoms with Gasteiger partial charge in [0.05, 0.1) is 6.54 Å². The normalized spacial score (nSPS) is 26.5. The Bertz CT molecular complexity index is 464. The van der Waals surface area contributed by atoms with Crippen LogP contribution < -0.4 is 0 Å². The van der Waals surface area contributed by atoms with Gasteiger partial charge in [0.25, 0.3) is 5.91 Å². The summed E-state index contributed by atoms with van der Waals surface area (Å²) < 4.78 is 11.3. The van der Waals surface area contributed by atoms with Crippen molar-refractivity contribution in [3.8, 4) is 0 Å². The number of amides is 2. The summed E-state index contributed by atoms with van der Waals surface area (Å²) in [6.07, 6.45) is 4.99. The van der Waals surface area contributed by atoms with Crippen LogP contribution in [0, 0.1) is 5.92 Å². The minimum absolute atomic E-state index is 0.112. The second-order valence-corrected chi connectivity index (χ2v) is 7.44. The topological polar surface area (TPSA) is 59.1 Å². The Morgan fingerprint density at radius 1 is 1.29 bits per heavy atom. The molecule has 6 heteroatoms. The highest BCUT2D eigenvalue weighted by Crippen LogP contribution is 2.34. The van der Waals surface area contributed by atoms with Crippen molar-refractivity contribution in [3.05, 3.63) is 0 Å². The first-order valence-electron chi connectivity index (χ1n) is 9.45. The van der Waals surface area contributed by atoms with E-state index in [0.29, 0.717) is 32.2 Å². The molecule has 0 aromatic rings. The lowest BCUT2D eigenvalue weighted by atomic mass is 9.90. The van der Waals surface area contributed by atoms with Crippen LogP contribution in [-0.2, 0) is 14.3 Å². The van der Waals surface area contributed by atoms with E-state index in [4.69, 9.17) is 9.47 Å². The summed E-state index contributed by atoms with van der Waals surface area (Å²) in [7, 11) is 0. The van der Waals surface area contributed by atoms with Crippen LogP contribution in [0.15, 0.2) is 0 Å². The zero-order valence-electron chi connectivity index (χ0n) is 15.0. The van der Waals surface area contributed by atoms with Gasteiger partial charge in [-0.15, -0.1) is 0 Å². The van der Waals surface area contributed by atoms with Crippen molar-refractivity contribution in [1.82, 2.24) is 9.80 Å². The Labute approximate surface area is 144 Å². The highest BCUT2D eigenvalue weighted by atomic mass is 16.6. The molecule has 24 heavy (non-hydrogen) atoms. The smallest absolute Gasteiger partial charge is 0.410 e. The second-order valence-electron chi connectivity index (χ2n) is 7.44. The van der Waals surface area contributed by atoms with Gasteiger partial charge in [0.1, 0.15) is 11.7 Å². The second kappa shape index (κ2) is 7.30. The molecule has 3 heterocycles. The standard InChI is InChI=1S/C18H30N2O4/c1-3-14(4-2)12-20-13-18(24-17(20)22)7-9-19(10-8-18)16(21)15-6-5-11-23-15/h14-15H,3-13H2,1-2H3/t15-/m0/s1. The van der Waals surface area contributed by atoms with Gasteiger partial charge in [-0.2, -0.15) is 0 Å². The van der Waals surface area contributed by atoms with Gasteiger partial charge in [-0.3, -0.25) is 4.79 Å². The molecule has 0 aromatic carbocycles. The van der Waals surface area contributed by atoms with E-state index in [0.717, 1.165) is 45.1 Å². The summed E-state index contributed by atoms with van der Waals surface area (Å²) in [5.41, 5.74) is -0.392. The van der Waals surface area contributed by atoms with Crippen LogP contribution in [0.2, 0.25) is 0 Å². The molecule has 3 rings (SSSR count). The Morgan fingerprint density at radius 3 is 2.58 bits per heavy atom. The van der Waals surface area contributed by atoms with Gasteiger partial charge >= 0.3 is 6.09 Å². The number of carbonyl (C=O) groups is 2. The summed E-state index contributed by atoms with van der Waals surface area (Å²) in [6, 6.07) is 0. The highest BCUT2D eigenvalue weighted by Gasteiger charge is 2.48. The van der Waals surface area contributed by atoms with Gasteiger partial charge in [-0.1, -0.05) is 26.7 Å². The van der Waals surface area contributed by atoms with Crippen molar-refractivity contribution in [2.75, 3.05) is 32.8 Å². The minimum Gasteiger partial charge on any atom is -0.441 e. The Morgan fingerprint density at radius 2 is 2.00 bits per heavy atom. The van der Waals surface area contributed by atoms with E-state index in [1.165, 1.54) is 0 Å². The lowest BCUT2D eigenvalue weighted by Crippen LogP contribution is -2.51. The summed E-state index contributed by atoms with van der Waals surface area (Å²) in [5.74, 6) is 0.648. The van der Waals surface area contributed by atoms with Gasteiger partial charge < -0.3 is 19.3 Å². The van der Waals surface area contributed by atoms with E-state index >= 15 is 0 Å². The summed E-state index contributed by atoms with van der Waals surface area (Å²) in [4.78, 5) is 28.4. The van der Waals surface area contributed by atoms with E-state index in [-0.39, 0.29) is 18.1 Å². The maximum atomic E-state index is 12.4. The van der Waals surface area contributed by atoms with Crippen LogP contribution in [0.5, 0.6) is 0 Å². The molecule has 3 saturated heterocycles. The molecular formula is C18H30N2O4. The van der Waals surface area contributed by atoms with Crippen LogP contribution in [0.3, 0.4) is 0 Å². The van der Waals surface area contributed by atoms with Gasteiger partial charge in [0.15, 0.2) is 0 Å². The van der Waals surface area contributed by atoms with Crippen LogP contribution in [0.4, 0.5) is 4.79 Å². The first-order valence-corrected chi connectivity index (χ1v) is 9.45. The number of likely N-dealkylation sites (tertiary alicyclic amines) is 1. The van der Waals surface area contributed by atoms with Gasteiger partial charge in [-0.05, 0) is 18.8 Å². The monoisotopic (exact) mass is 338 g/mol. The average molecular weight is 338 g/mol. The van der Waals surface area contributed by atoms with Crippen molar-refractivity contribution < 1.29 is 19.1 Å². The molecule has 0 saturated carbocycles. The molecule has 1 atom stereocenters. The fourth-order valence-corrected chi connectivity index (χ4v) is 4.06.